The van der Waals surface area contributed by atoms with Gasteiger partial charge in [0.25, 0.3) is 0 Å². The average molecular weight is 390 g/mol. The molecular weight excluding hydrogens is 372 g/mol. The van der Waals surface area contributed by atoms with E-state index in [1.165, 1.54) is 5.56 Å². The molecule has 0 bridgehead atoms. The Kier molecular flexibility index (Phi) is 3.73. The van der Waals surface area contributed by atoms with E-state index < -0.39 is 0 Å². The number of fused-ring (bicyclic) bond motifs is 2. The molecule has 1 aliphatic rings. The fraction of sp³-hybridized carbons (Fsp3) is 0.190. The van der Waals surface area contributed by atoms with Crippen LogP contribution >= 0.6 is 11.3 Å². The van der Waals surface area contributed by atoms with Gasteiger partial charge in [-0.05, 0) is 49.2 Å². The van der Waals surface area contributed by atoms with Gasteiger partial charge in [0.05, 0.1) is 15.9 Å². The van der Waals surface area contributed by atoms with E-state index in [-0.39, 0.29) is 17.6 Å². The lowest BCUT2D eigenvalue weighted by Crippen LogP contribution is -2.24. The number of rotatable bonds is 2. The predicted octanol–water partition coefficient (Wildman–Crippen LogP) is 4.28. The monoisotopic (exact) mass is 390 g/mol. The highest BCUT2D eigenvalue weighted by Gasteiger charge is 2.33. The summed E-state index contributed by atoms with van der Waals surface area (Å²) < 4.78 is 2.84. The second-order valence-electron chi connectivity index (χ2n) is 7.12. The molecule has 3 heterocycles. The maximum Gasteiger partial charge on any atom is 0.226 e. The summed E-state index contributed by atoms with van der Waals surface area (Å²) in [4.78, 5) is 17.2. The maximum absolute atomic E-state index is 12.5. The number of nitrogens with one attached hydrogen (secondary N) is 1. The summed E-state index contributed by atoms with van der Waals surface area (Å²) in [6, 6.07) is 13.2. The molecule has 0 saturated heterocycles. The molecule has 2 N–H and O–H groups in total. The normalized spacial score (nSPS) is 16.2. The van der Waals surface area contributed by atoms with E-state index in [2.05, 4.69) is 18.3 Å². The van der Waals surface area contributed by atoms with E-state index in [1.54, 1.807) is 28.2 Å². The fourth-order valence-electron chi connectivity index (χ4n) is 3.79. The van der Waals surface area contributed by atoms with Crippen LogP contribution in [0, 0.1) is 13.8 Å². The number of phenols is 1. The van der Waals surface area contributed by atoms with Crippen LogP contribution in [0.1, 0.15) is 34.7 Å². The number of aryl methyl sites for hydroxylation is 2. The zero-order valence-corrected chi connectivity index (χ0v) is 16.2. The van der Waals surface area contributed by atoms with Crippen molar-refractivity contribution in [3.8, 4) is 10.9 Å². The van der Waals surface area contributed by atoms with Crippen LogP contribution in [0.25, 0.3) is 15.3 Å². The lowest BCUT2D eigenvalue weighted by molar-refractivity contribution is -0.116. The van der Waals surface area contributed by atoms with Gasteiger partial charge in [0.1, 0.15) is 11.6 Å². The van der Waals surface area contributed by atoms with Gasteiger partial charge in [-0.3, -0.25) is 4.79 Å². The summed E-state index contributed by atoms with van der Waals surface area (Å²) in [5, 5.41) is 18.0. The number of nitrogens with zero attached hydrogens (tertiary/aromatic N) is 3. The second kappa shape index (κ2) is 6.17. The minimum Gasteiger partial charge on any atom is -0.508 e. The molecule has 1 amide bonds. The molecule has 1 atom stereocenters. The van der Waals surface area contributed by atoms with E-state index in [4.69, 9.17) is 10.1 Å². The van der Waals surface area contributed by atoms with Crippen molar-refractivity contribution in [3.63, 3.8) is 0 Å². The average Bonchev–Trinajstić information content (AvgIpc) is 3.22. The molecule has 0 radical (unpaired) electrons. The van der Waals surface area contributed by atoms with Gasteiger partial charge in [-0.15, -0.1) is 0 Å². The summed E-state index contributed by atoms with van der Waals surface area (Å²) in [6.07, 6.45) is 0.351. The molecule has 0 spiro atoms. The first kappa shape index (κ1) is 16.9. The smallest absolute Gasteiger partial charge is 0.226 e. The summed E-state index contributed by atoms with van der Waals surface area (Å²) in [7, 11) is 0. The van der Waals surface area contributed by atoms with Gasteiger partial charge in [0.15, 0.2) is 0 Å². The van der Waals surface area contributed by atoms with Crippen LogP contribution in [0.3, 0.4) is 0 Å². The molecule has 0 saturated carbocycles. The molecule has 0 aliphatic carbocycles. The first-order valence-electron chi connectivity index (χ1n) is 9.05. The topological polar surface area (TPSA) is 80.0 Å². The molecule has 7 heteroatoms. The Morgan fingerprint density at radius 3 is 2.75 bits per heavy atom. The molecule has 1 aliphatic heterocycles. The number of carbonyl (C=O) groups excluding carboxylic acids is 1. The minimum absolute atomic E-state index is 0.0521. The zero-order valence-electron chi connectivity index (χ0n) is 15.4. The molecule has 0 fully saturated rings. The molecule has 140 valence electrons. The molecule has 2 aromatic carbocycles. The largest absolute Gasteiger partial charge is 0.508 e. The summed E-state index contributed by atoms with van der Waals surface area (Å²) in [5.74, 6) is 0.738. The van der Waals surface area contributed by atoms with Crippen molar-refractivity contribution in [1.29, 1.82) is 0 Å². The van der Waals surface area contributed by atoms with Gasteiger partial charge >= 0.3 is 0 Å². The van der Waals surface area contributed by atoms with Crippen molar-refractivity contribution in [3.05, 3.63) is 64.8 Å². The quantitative estimate of drug-likeness (QED) is 0.535. The Morgan fingerprint density at radius 1 is 1.18 bits per heavy atom. The number of aromatic nitrogens is 3. The summed E-state index contributed by atoms with van der Waals surface area (Å²) in [5.41, 5.74) is 4.95. The summed E-state index contributed by atoms with van der Waals surface area (Å²) >= 11 is 1.56. The highest BCUT2D eigenvalue weighted by molar-refractivity contribution is 7.20. The molecular formula is C21H18N4O2S. The van der Waals surface area contributed by atoms with Gasteiger partial charge in [0, 0.05) is 17.9 Å². The van der Waals surface area contributed by atoms with E-state index in [0.717, 1.165) is 32.2 Å². The molecule has 28 heavy (non-hydrogen) atoms. The number of benzene rings is 2. The molecule has 0 unspecified atom stereocenters. The van der Waals surface area contributed by atoms with Crippen molar-refractivity contribution >= 4 is 33.3 Å². The Balaban J connectivity index is 1.67. The Hall–Kier alpha value is -3.19. The fourth-order valence-corrected chi connectivity index (χ4v) is 4.81. The van der Waals surface area contributed by atoms with Crippen LogP contribution in [0.4, 0.5) is 5.82 Å². The van der Waals surface area contributed by atoms with Crippen molar-refractivity contribution in [2.45, 2.75) is 26.2 Å². The number of carbonyl (C=O) groups is 1. The van der Waals surface area contributed by atoms with Crippen LogP contribution in [-0.4, -0.2) is 25.8 Å². The zero-order chi connectivity index (χ0) is 19.4. The SMILES string of the molecule is Cc1ccc2nc(-n3nc(C)c4c3NC(=O)C[C@H]4c3ccc(O)cc3)sc2c1. The maximum atomic E-state index is 12.5. The predicted molar refractivity (Wildman–Crippen MR) is 109 cm³/mol. The lowest BCUT2D eigenvalue weighted by Gasteiger charge is -2.24. The molecule has 2 aromatic heterocycles. The highest BCUT2D eigenvalue weighted by atomic mass is 32.1. The van der Waals surface area contributed by atoms with E-state index in [1.807, 2.05) is 31.2 Å². The molecule has 5 rings (SSSR count). The van der Waals surface area contributed by atoms with Crippen LogP contribution < -0.4 is 5.32 Å². The second-order valence-corrected chi connectivity index (χ2v) is 8.13. The number of thiazole rings is 1. The Labute approximate surface area is 165 Å². The van der Waals surface area contributed by atoms with Crippen molar-refractivity contribution in [2.75, 3.05) is 5.32 Å². The number of anilines is 1. The number of aromatic hydroxyl groups is 1. The third-order valence-corrected chi connectivity index (χ3v) is 6.11. The van der Waals surface area contributed by atoms with Gasteiger partial charge in [-0.25, -0.2) is 4.98 Å². The van der Waals surface area contributed by atoms with E-state index in [0.29, 0.717) is 12.2 Å². The standard InChI is InChI=1S/C21H18N4O2S/c1-11-3-8-16-17(9-11)28-21(22-16)25-20-19(12(2)24-25)15(10-18(27)23-20)13-4-6-14(26)7-5-13/h3-9,15,26H,10H2,1-2H3,(H,23,27)/t15-/m0/s1. The van der Waals surface area contributed by atoms with E-state index in [9.17, 15) is 9.90 Å². The van der Waals surface area contributed by atoms with E-state index >= 15 is 0 Å². The third kappa shape index (κ3) is 2.66. The van der Waals surface area contributed by atoms with Gasteiger partial charge < -0.3 is 10.4 Å². The number of hydrogen-bond donors (Lipinski definition) is 2. The number of phenolic OH excluding ortho intramolecular Hbond substituents is 1. The van der Waals surface area contributed by atoms with Crippen LogP contribution in [0.5, 0.6) is 5.75 Å². The first-order valence-corrected chi connectivity index (χ1v) is 9.87. The third-order valence-electron chi connectivity index (χ3n) is 5.11. The van der Waals surface area contributed by atoms with Gasteiger partial charge in [-0.1, -0.05) is 29.5 Å². The van der Waals surface area contributed by atoms with Crippen molar-refractivity contribution in [2.24, 2.45) is 0 Å². The van der Waals surface area contributed by atoms with Crippen LogP contribution in [0.15, 0.2) is 42.5 Å². The van der Waals surface area contributed by atoms with Crippen LogP contribution in [0.2, 0.25) is 0 Å². The van der Waals surface area contributed by atoms with Crippen molar-refractivity contribution in [1.82, 2.24) is 14.8 Å². The van der Waals surface area contributed by atoms with Gasteiger partial charge in [0.2, 0.25) is 11.0 Å². The molecule has 4 aromatic rings. The lowest BCUT2D eigenvalue weighted by atomic mass is 9.86. The Bertz CT molecular complexity index is 1220. The highest BCUT2D eigenvalue weighted by Crippen LogP contribution is 2.41. The van der Waals surface area contributed by atoms with Gasteiger partial charge in [-0.2, -0.15) is 9.78 Å². The van der Waals surface area contributed by atoms with Crippen LogP contribution in [-0.2, 0) is 4.79 Å². The Morgan fingerprint density at radius 2 is 1.96 bits per heavy atom. The number of amides is 1. The van der Waals surface area contributed by atoms with Crippen molar-refractivity contribution < 1.29 is 9.90 Å². The minimum atomic E-state index is -0.102. The summed E-state index contributed by atoms with van der Waals surface area (Å²) in [6.45, 7) is 4.01. The number of hydrogen-bond acceptors (Lipinski definition) is 5. The first-order chi connectivity index (χ1) is 13.5. The molecule has 6 nitrogen and oxygen atoms in total.